The first-order valence-electron chi connectivity index (χ1n) is 13.2. The van der Waals surface area contributed by atoms with Gasteiger partial charge in [0.05, 0.1) is 19.1 Å². The number of amides is 2. The average Bonchev–Trinajstić information content (AvgIpc) is 2.96. The molecule has 0 aromatic carbocycles. The van der Waals surface area contributed by atoms with E-state index in [2.05, 4.69) is 60.7 Å². The second-order valence-electron chi connectivity index (χ2n) is 12.3. The summed E-state index contributed by atoms with van der Waals surface area (Å²) in [6.45, 7) is 22.2. The third-order valence-electron chi connectivity index (χ3n) is 7.24. The molecule has 2 amide bonds. The van der Waals surface area contributed by atoms with Crippen molar-refractivity contribution in [1.29, 1.82) is 0 Å². The first kappa shape index (κ1) is 30.9. The number of carbonyl (C=O) groups excluding carboxylic acids is 3. The Morgan fingerprint density at radius 2 is 1.50 bits per heavy atom. The van der Waals surface area contributed by atoms with E-state index in [1.165, 1.54) is 11.9 Å². The summed E-state index contributed by atoms with van der Waals surface area (Å²) >= 11 is 0. The van der Waals surface area contributed by atoms with Gasteiger partial charge in [-0.05, 0) is 42.9 Å². The van der Waals surface area contributed by atoms with Gasteiger partial charge in [0.2, 0.25) is 5.91 Å². The van der Waals surface area contributed by atoms with Crippen LogP contribution in [0.25, 0.3) is 0 Å². The molecule has 0 aliphatic carbocycles. The van der Waals surface area contributed by atoms with E-state index in [-0.39, 0.29) is 46.9 Å². The molecule has 9 nitrogen and oxygen atoms in total. The maximum atomic E-state index is 13.9. The average molecular weight is 545 g/mol. The largest absolute Gasteiger partial charge is 0.444 e. The van der Waals surface area contributed by atoms with Crippen molar-refractivity contribution in [3.63, 3.8) is 0 Å². The molecule has 2 aliphatic heterocycles. The first-order valence-corrected chi connectivity index (χ1v) is 17.1. The van der Waals surface area contributed by atoms with E-state index in [4.69, 9.17) is 17.7 Å². The lowest BCUT2D eigenvalue weighted by Gasteiger charge is -2.51. The summed E-state index contributed by atoms with van der Waals surface area (Å²) in [5.41, 5.74) is -0.466. The van der Waals surface area contributed by atoms with Crippen molar-refractivity contribution in [1.82, 2.24) is 10.2 Å². The van der Waals surface area contributed by atoms with Gasteiger partial charge in [-0.2, -0.15) is 0 Å². The maximum absolute atomic E-state index is 13.9. The monoisotopic (exact) mass is 544 g/mol. The molecule has 11 heteroatoms. The lowest BCUT2D eigenvalue weighted by molar-refractivity contribution is -0.130. The van der Waals surface area contributed by atoms with Crippen molar-refractivity contribution in [2.45, 2.75) is 129 Å². The third-order valence-corrected chi connectivity index (χ3v) is 17.5. The van der Waals surface area contributed by atoms with Crippen LogP contribution in [0.15, 0.2) is 0 Å². The van der Waals surface area contributed by atoms with Crippen molar-refractivity contribution in [2.24, 2.45) is 0 Å². The Kier molecular flexibility index (Phi) is 9.65. The van der Waals surface area contributed by atoms with E-state index in [1.807, 2.05) is 0 Å². The molecule has 2 heterocycles. The van der Waals surface area contributed by atoms with Crippen LogP contribution in [-0.4, -0.2) is 77.2 Å². The van der Waals surface area contributed by atoms with Gasteiger partial charge < -0.3 is 23.0 Å². The van der Waals surface area contributed by atoms with E-state index in [0.29, 0.717) is 0 Å². The molecule has 36 heavy (non-hydrogen) atoms. The SMILES string of the molecule is CNC(=O)CC1C(=O)C2O[Si](C(C)C)(C(C)C)O[Si](C(C)C)(C(C)C)OCC2N1C(=O)OC(C)(C)C. The van der Waals surface area contributed by atoms with Crippen molar-refractivity contribution in [3.05, 3.63) is 0 Å². The van der Waals surface area contributed by atoms with E-state index < -0.39 is 47.0 Å². The Labute approximate surface area is 219 Å². The summed E-state index contributed by atoms with van der Waals surface area (Å²) in [7, 11) is -4.42. The maximum Gasteiger partial charge on any atom is 0.411 e. The van der Waals surface area contributed by atoms with Gasteiger partial charge >= 0.3 is 23.2 Å². The minimum atomic E-state index is -3.06. The highest BCUT2D eigenvalue weighted by Crippen LogP contribution is 2.47. The molecule has 2 fully saturated rings. The van der Waals surface area contributed by atoms with Crippen LogP contribution in [0, 0.1) is 0 Å². The van der Waals surface area contributed by atoms with Gasteiger partial charge in [-0.15, -0.1) is 0 Å². The molecule has 0 spiro atoms. The van der Waals surface area contributed by atoms with Crippen LogP contribution in [-0.2, 0) is 27.3 Å². The molecule has 0 saturated carbocycles. The van der Waals surface area contributed by atoms with Gasteiger partial charge in [-0.1, -0.05) is 55.4 Å². The Balaban J connectivity index is 2.71. The molecular formula is C25H48N2O7Si2. The number of ether oxygens (including phenoxy) is 1. The molecule has 2 rings (SSSR count). The fraction of sp³-hybridized carbons (Fsp3) is 0.880. The van der Waals surface area contributed by atoms with Crippen molar-refractivity contribution in [2.75, 3.05) is 13.7 Å². The van der Waals surface area contributed by atoms with Crippen molar-refractivity contribution in [3.8, 4) is 0 Å². The molecule has 0 bridgehead atoms. The fourth-order valence-corrected chi connectivity index (χ4v) is 16.6. The highest BCUT2D eigenvalue weighted by atomic mass is 28.5. The van der Waals surface area contributed by atoms with Crippen LogP contribution in [0.1, 0.15) is 82.6 Å². The van der Waals surface area contributed by atoms with Crippen LogP contribution < -0.4 is 5.32 Å². The number of hydrogen-bond donors (Lipinski definition) is 1. The Morgan fingerprint density at radius 3 is 1.92 bits per heavy atom. The van der Waals surface area contributed by atoms with Crippen LogP contribution in [0.5, 0.6) is 0 Å². The summed E-state index contributed by atoms with van der Waals surface area (Å²) in [6.07, 6.45) is -1.76. The first-order chi connectivity index (χ1) is 16.4. The van der Waals surface area contributed by atoms with E-state index in [1.54, 1.807) is 20.8 Å². The summed E-state index contributed by atoms with van der Waals surface area (Å²) in [5, 5.41) is 2.57. The van der Waals surface area contributed by atoms with Crippen LogP contribution >= 0.6 is 0 Å². The van der Waals surface area contributed by atoms with Gasteiger partial charge in [-0.3, -0.25) is 14.5 Å². The summed E-state index contributed by atoms with van der Waals surface area (Å²) in [6, 6.07) is -1.71. The van der Waals surface area contributed by atoms with Crippen molar-refractivity contribution >= 4 is 34.9 Å². The Bertz CT molecular complexity index is 810. The minimum absolute atomic E-state index is 0.0324. The lowest BCUT2D eigenvalue weighted by atomic mass is 10.1. The fourth-order valence-electron chi connectivity index (χ4n) is 5.38. The number of likely N-dealkylation sites (tertiary alicyclic amines) is 1. The molecule has 3 unspecified atom stereocenters. The van der Waals surface area contributed by atoms with Gasteiger partial charge in [0, 0.05) is 7.05 Å². The standard InChI is InChI=1S/C25H48N2O7Si2/c1-15(2)35(16(3)4)31-14-20-23(33-36(34-35,17(5)6)18(7)8)22(29)19(13-21(28)26-12)27(20)24(30)32-25(9,10)11/h15-20,23H,13-14H2,1-12H3,(H,26,28). The number of hydrogen-bond acceptors (Lipinski definition) is 7. The van der Waals surface area contributed by atoms with Crippen molar-refractivity contribution < 1.29 is 32.1 Å². The van der Waals surface area contributed by atoms with E-state index in [0.717, 1.165) is 0 Å². The topological polar surface area (TPSA) is 103 Å². The highest BCUT2D eigenvalue weighted by molar-refractivity contribution is 6.84. The Hall–Kier alpha value is -1.28. The molecule has 208 valence electrons. The molecule has 2 saturated heterocycles. The number of nitrogens with one attached hydrogen (secondary N) is 1. The second kappa shape index (κ2) is 11.2. The van der Waals surface area contributed by atoms with Crippen LogP contribution in [0.4, 0.5) is 4.79 Å². The molecule has 3 atom stereocenters. The second-order valence-corrected chi connectivity index (χ2v) is 21.1. The molecule has 1 N–H and O–H groups in total. The quantitative estimate of drug-likeness (QED) is 0.486. The number of ketones is 1. The normalized spacial score (nSPS) is 26.3. The summed E-state index contributed by atoms with van der Waals surface area (Å²) in [4.78, 5) is 41.2. The van der Waals surface area contributed by atoms with Gasteiger partial charge in [-0.25, -0.2) is 4.79 Å². The molecule has 2 aliphatic rings. The Morgan fingerprint density at radius 1 is 1.00 bits per heavy atom. The number of fused-ring (bicyclic) bond motifs is 1. The predicted octanol–water partition coefficient (Wildman–Crippen LogP) is 4.64. The molecule has 0 aromatic rings. The molecular weight excluding hydrogens is 496 g/mol. The molecule has 0 radical (unpaired) electrons. The molecule has 0 aromatic heterocycles. The number of rotatable bonds is 6. The van der Waals surface area contributed by atoms with Crippen LogP contribution in [0.2, 0.25) is 22.2 Å². The minimum Gasteiger partial charge on any atom is -0.444 e. The van der Waals surface area contributed by atoms with E-state index in [9.17, 15) is 14.4 Å². The summed E-state index contributed by atoms with van der Waals surface area (Å²) < 4.78 is 26.5. The van der Waals surface area contributed by atoms with Gasteiger partial charge in [0.1, 0.15) is 17.7 Å². The zero-order chi connectivity index (χ0) is 27.8. The highest BCUT2D eigenvalue weighted by Gasteiger charge is 2.63. The number of carbonyl (C=O) groups is 3. The van der Waals surface area contributed by atoms with Gasteiger partial charge in [0.15, 0.2) is 5.78 Å². The lowest BCUT2D eigenvalue weighted by Crippen LogP contribution is -2.66. The van der Waals surface area contributed by atoms with Crippen LogP contribution in [0.3, 0.4) is 0 Å². The number of nitrogens with zero attached hydrogens (tertiary/aromatic N) is 1. The number of Topliss-reactive ketones (excluding diaryl/α,β-unsaturated/α-hetero) is 1. The van der Waals surface area contributed by atoms with Gasteiger partial charge in [0.25, 0.3) is 0 Å². The smallest absolute Gasteiger partial charge is 0.411 e. The van der Waals surface area contributed by atoms with E-state index >= 15 is 0 Å². The predicted molar refractivity (Wildman–Crippen MR) is 143 cm³/mol. The zero-order valence-corrected chi connectivity index (χ0v) is 26.3. The summed E-state index contributed by atoms with van der Waals surface area (Å²) in [5.74, 6) is -0.638. The zero-order valence-electron chi connectivity index (χ0n) is 24.3. The third kappa shape index (κ3) is 5.90.